The number of anilines is 1. The molecule has 3 aromatic rings. The van der Waals surface area contributed by atoms with Crippen LogP contribution in [0.2, 0.25) is 0 Å². The van der Waals surface area contributed by atoms with Crippen molar-refractivity contribution in [1.82, 2.24) is 19.7 Å². The van der Waals surface area contributed by atoms with E-state index in [1.807, 2.05) is 37.0 Å². The van der Waals surface area contributed by atoms with Crippen molar-refractivity contribution in [1.29, 1.82) is 0 Å². The Morgan fingerprint density at radius 2 is 1.96 bits per heavy atom. The van der Waals surface area contributed by atoms with E-state index in [4.69, 9.17) is 9.72 Å². The summed E-state index contributed by atoms with van der Waals surface area (Å²) in [5.74, 6) is 1.68. The standard InChI is InChI=1S/C20H23N5O/c1-13-19(14(2)24(3)23-13)18-7-9-21-20(22-18)25-10-8-15-11-17(26-4)6-5-16(15)12-25/h5-7,9,11H,8,10,12H2,1-4H3. The molecule has 3 heterocycles. The van der Waals surface area contributed by atoms with Crippen LogP contribution in [0, 0.1) is 13.8 Å². The summed E-state index contributed by atoms with van der Waals surface area (Å²) in [6, 6.07) is 8.25. The molecule has 0 atom stereocenters. The van der Waals surface area contributed by atoms with Crippen molar-refractivity contribution in [2.24, 2.45) is 7.05 Å². The van der Waals surface area contributed by atoms with E-state index in [0.717, 1.165) is 53.9 Å². The molecule has 1 aromatic carbocycles. The van der Waals surface area contributed by atoms with Gasteiger partial charge in [0, 0.05) is 37.6 Å². The lowest BCUT2D eigenvalue weighted by Gasteiger charge is -2.29. The number of methoxy groups -OCH3 is 1. The molecule has 1 aliphatic rings. The van der Waals surface area contributed by atoms with Crippen LogP contribution in [0.3, 0.4) is 0 Å². The van der Waals surface area contributed by atoms with Gasteiger partial charge in [0.25, 0.3) is 0 Å². The zero-order chi connectivity index (χ0) is 18.3. The topological polar surface area (TPSA) is 56.1 Å². The average molecular weight is 349 g/mol. The number of hydrogen-bond acceptors (Lipinski definition) is 5. The van der Waals surface area contributed by atoms with Crippen LogP contribution in [-0.2, 0) is 20.0 Å². The van der Waals surface area contributed by atoms with Gasteiger partial charge in [-0.2, -0.15) is 5.10 Å². The number of benzene rings is 1. The van der Waals surface area contributed by atoms with Gasteiger partial charge in [-0.15, -0.1) is 0 Å². The summed E-state index contributed by atoms with van der Waals surface area (Å²) in [5, 5.41) is 4.51. The zero-order valence-electron chi connectivity index (χ0n) is 15.7. The van der Waals surface area contributed by atoms with Crippen LogP contribution < -0.4 is 9.64 Å². The smallest absolute Gasteiger partial charge is 0.226 e. The van der Waals surface area contributed by atoms with Gasteiger partial charge in [0.15, 0.2) is 0 Å². The lowest BCUT2D eigenvalue weighted by Crippen LogP contribution is -2.31. The molecular formula is C20H23N5O. The summed E-state index contributed by atoms with van der Waals surface area (Å²) in [6.45, 7) is 5.80. The summed E-state index contributed by atoms with van der Waals surface area (Å²) >= 11 is 0. The van der Waals surface area contributed by atoms with Crippen LogP contribution in [0.4, 0.5) is 5.95 Å². The molecule has 0 N–H and O–H groups in total. The van der Waals surface area contributed by atoms with Crippen molar-refractivity contribution in [3.63, 3.8) is 0 Å². The van der Waals surface area contributed by atoms with Crippen molar-refractivity contribution in [3.05, 3.63) is 53.0 Å². The van der Waals surface area contributed by atoms with E-state index in [1.54, 1.807) is 7.11 Å². The number of rotatable bonds is 3. The number of nitrogens with zero attached hydrogens (tertiary/aromatic N) is 5. The van der Waals surface area contributed by atoms with E-state index in [2.05, 4.69) is 34.0 Å². The van der Waals surface area contributed by atoms with Crippen LogP contribution >= 0.6 is 0 Å². The van der Waals surface area contributed by atoms with Crippen molar-refractivity contribution in [2.75, 3.05) is 18.6 Å². The Labute approximate surface area is 153 Å². The lowest BCUT2D eigenvalue weighted by atomic mass is 10.00. The second kappa shape index (κ2) is 6.44. The van der Waals surface area contributed by atoms with Crippen LogP contribution in [0.15, 0.2) is 30.5 Å². The third-order valence-corrected chi connectivity index (χ3v) is 5.12. The summed E-state index contributed by atoms with van der Waals surface area (Å²) in [7, 11) is 3.67. The molecule has 2 aromatic heterocycles. The summed E-state index contributed by atoms with van der Waals surface area (Å²) in [4.78, 5) is 11.6. The molecule has 0 saturated heterocycles. The first-order chi connectivity index (χ1) is 12.6. The van der Waals surface area contributed by atoms with Crippen LogP contribution in [0.5, 0.6) is 5.75 Å². The Balaban J connectivity index is 1.65. The Kier molecular flexibility index (Phi) is 4.11. The zero-order valence-corrected chi connectivity index (χ0v) is 15.7. The maximum Gasteiger partial charge on any atom is 0.226 e. The van der Waals surface area contributed by atoms with Gasteiger partial charge in [-0.05, 0) is 49.6 Å². The van der Waals surface area contributed by atoms with Gasteiger partial charge >= 0.3 is 0 Å². The van der Waals surface area contributed by atoms with Gasteiger partial charge < -0.3 is 9.64 Å². The Bertz CT molecular complexity index is 963. The fourth-order valence-electron chi connectivity index (χ4n) is 3.61. The molecule has 4 rings (SSSR count). The molecule has 0 amide bonds. The molecule has 0 saturated carbocycles. The predicted octanol–water partition coefficient (Wildman–Crippen LogP) is 3.07. The second-order valence-corrected chi connectivity index (χ2v) is 6.72. The quantitative estimate of drug-likeness (QED) is 0.727. The summed E-state index contributed by atoms with van der Waals surface area (Å²) in [6.07, 6.45) is 2.80. The van der Waals surface area contributed by atoms with Gasteiger partial charge in [-0.1, -0.05) is 6.07 Å². The molecule has 0 spiro atoms. The van der Waals surface area contributed by atoms with Gasteiger partial charge in [-0.25, -0.2) is 9.97 Å². The second-order valence-electron chi connectivity index (χ2n) is 6.72. The predicted molar refractivity (Wildman–Crippen MR) is 101 cm³/mol. The SMILES string of the molecule is COc1ccc2c(c1)CCN(c1nccc(-c3c(C)nn(C)c3C)n1)C2. The molecule has 0 bridgehead atoms. The van der Waals surface area contributed by atoms with E-state index >= 15 is 0 Å². The molecule has 6 heteroatoms. The number of aromatic nitrogens is 4. The molecule has 134 valence electrons. The number of hydrogen-bond donors (Lipinski definition) is 0. The maximum atomic E-state index is 5.33. The van der Waals surface area contributed by atoms with Crippen molar-refractivity contribution in [3.8, 4) is 17.0 Å². The largest absolute Gasteiger partial charge is 0.497 e. The third-order valence-electron chi connectivity index (χ3n) is 5.12. The molecule has 0 aliphatic carbocycles. The Hall–Kier alpha value is -2.89. The first-order valence-corrected chi connectivity index (χ1v) is 8.81. The monoisotopic (exact) mass is 349 g/mol. The number of ether oxygens (including phenoxy) is 1. The van der Waals surface area contributed by atoms with Crippen molar-refractivity contribution < 1.29 is 4.74 Å². The molecule has 1 aliphatic heterocycles. The molecule has 0 unspecified atom stereocenters. The van der Waals surface area contributed by atoms with E-state index < -0.39 is 0 Å². The van der Waals surface area contributed by atoms with Crippen LogP contribution in [0.1, 0.15) is 22.5 Å². The third kappa shape index (κ3) is 2.81. The minimum absolute atomic E-state index is 0.770. The Morgan fingerprint density at radius 3 is 2.69 bits per heavy atom. The Morgan fingerprint density at radius 1 is 1.12 bits per heavy atom. The molecule has 0 fully saturated rings. The summed E-state index contributed by atoms with van der Waals surface area (Å²) in [5.41, 5.74) is 6.78. The average Bonchev–Trinajstić information content (AvgIpc) is 2.92. The van der Waals surface area contributed by atoms with Crippen LogP contribution in [-0.4, -0.2) is 33.4 Å². The fourth-order valence-corrected chi connectivity index (χ4v) is 3.61. The van der Waals surface area contributed by atoms with Gasteiger partial charge in [0.1, 0.15) is 5.75 Å². The van der Waals surface area contributed by atoms with Crippen LogP contribution in [0.25, 0.3) is 11.3 Å². The molecule has 0 radical (unpaired) electrons. The number of fused-ring (bicyclic) bond motifs is 1. The highest BCUT2D eigenvalue weighted by Crippen LogP contribution is 2.28. The number of aryl methyl sites for hydroxylation is 2. The van der Waals surface area contributed by atoms with Crippen molar-refractivity contribution in [2.45, 2.75) is 26.8 Å². The lowest BCUT2D eigenvalue weighted by molar-refractivity contribution is 0.413. The first kappa shape index (κ1) is 16.6. The van der Waals surface area contributed by atoms with Gasteiger partial charge in [-0.3, -0.25) is 4.68 Å². The minimum Gasteiger partial charge on any atom is -0.497 e. The minimum atomic E-state index is 0.770. The van der Waals surface area contributed by atoms with Crippen molar-refractivity contribution >= 4 is 5.95 Å². The van der Waals surface area contributed by atoms with E-state index in [0.29, 0.717) is 0 Å². The van der Waals surface area contributed by atoms with E-state index in [9.17, 15) is 0 Å². The summed E-state index contributed by atoms with van der Waals surface area (Å²) < 4.78 is 7.23. The maximum absolute atomic E-state index is 5.33. The van der Waals surface area contributed by atoms with Gasteiger partial charge in [0.2, 0.25) is 5.95 Å². The van der Waals surface area contributed by atoms with E-state index in [-0.39, 0.29) is 0 Å². The molecule has 26 heavy (non-hydrogen) atoms. The first-order valence-electron chi connectivity index (χ1n) is 8.81. The normalized spacial score (nSPS) is 13.6. The molecule has 6 nitrogen and oxygen atoms in total. The van der Waals surface area contributed by atoms with E-state index in [1.165, 1.54) is 11.1 Å². The highest BCUT2D eigenvalue weighted by Gasteiger charge is 2.20. The van der Waals surface area contributed by atoms with Gasteiger partial charge in [0.05, 0.1) is 18.5 Å². The highest BCUT2D eigenvalue weighted by molar-refractivity contribution is 5.65. The molecular weight excluding hydrogens is 326 g/mol. The highest BCUT2D eigenvalue weighted by atomic mass is 16.5. The fraction of sp³-hybridized carbons (Fsp3) is 0.350.